The largest absolute Gasteiger partial charge is 0.375 e. The van der Waals surface area contributed by atoms with E-state index in [1.165, 1.54) is 0 Å². The molecule has 19 heavy (non-hydrogen) atoms. The molecule has 0 radical (unpaired) electrons. The molecule has 0 unspecified atom stereocenters. The minimum atomic E-state index is -0.366. The number of hydrogen-bond acceptors (Lipinski definition) is 4. The van der Waals surface area contributed by atoms with Crippen LogP contribution in [0.4, 0.5) is 11.4 Å². The zero-order valence-electron chi connectivity index (χ0n) is 10.9. The lowest BCUT2D eigenvalue weighted by molar-refractivity contribution is -0.384. The van der Waals surface area contributed by atoms with Gasteiger partial charge in [0.05, 0.1) is 4.92 Å². The molecule has 2 aromatic rings. The first kappa shape index (κ1) is 13.0. The van der Waals surface area contributed by atoms with Crippen LogP contribution in [0.5, 0.6) is 0 Å². The number of aryl methyl sites for hydroxylation is 2. The molecule has 5 nitrogen and oxygen atoms in total. The summed E-state index contributed by atoms with van der Waals surface area (Å²) in [5, 5.41) is 14.1. The molecule has 0 saturated carbocycles. The Morgan fingerprint density at radius 1 is 1.32 bits per heavy atom. The first-order valence-electron chi connectivity index (χ1n) is 5.96. The summed E-state index contributed by atoms with van der Waals surface area (Å²) in [5.41, 5.74) is 3.64. The monoisotopic (exact) mass is 257 g/mol. The molecule has 1 aromatic carbocycles. The maximum atomic E-state index is 11.0. The van der Waals surface area contributed by atoms with E-state index in [4.69, 9.17) is 0 Å². The number of nitrogens with zero attached hydrogens (tertiary/aromatic N) is 2. The SMILES string of the molecule is Cc1ccc(NCc2ccncc2C)c([N+](=O)[O-])c1. The van der Waals surface area contributed by atoms with Gasteiger partial charge in [-0.25, -0.2) is 0 Å². The van der Waals surface area contributed by atoms with Crippen molar-refractivity contribution in [2.45, 2.75) is 20.4 Å². The lowest BCUT2D eigenvalue weighted by Gasteiger charge is -2.09. The molecule has 5 heteroatoms. The highest BCUT2D eigenvalue weighted by molar-refractivity contribution is 5.62. The van der Waals surface area contributed by atoms with E-state index in [2.05, 4.69) is 10.3 Å². The van der Waals surface area contributed by atoms with E-state index in [1.807, 2.05) is 26.0 Å². The maximum Gasteiger partial charge on any atom is 0.292 e. The molecule has 98 valence electrons. The second-order valence-corrected chi connectivity index (χ2v) is 4.43. The van der Waals surface area contributed by atoms with Gasteiger partial charge in [-0.05, 0) is 42.7 Å². The number of aromatic nitrogens is 1. The van der Waals surface area contributed by atoms with Crippen molar-refractivity contribution in [3.8, 4) is 0 Å². The van der Waals surface area contributed by atoms with E-state index in [9.17, 15) is 10.1 Å². The summed E-state index contributed by atoms with van der Waals surface area (Å²) in [6.45, 7) is 4.34. The predicted octanol–water partition coefficient (Wildman–Crippen LogP) is 3.22. The van der Waals surface area contributed by atoms with Gasteiger partial charge in [0.2, 0.25) is 0 Å². The van der Waals surface area contributed by atoms with Crippen molar-refractivity contribution < 1.29 is 4.92 Å². The molecule has 0 aliphatic carbocycles. The zero-order chi connectivity index (χ0) is 13.8. The van der Waals surface area contributed by atoms with Gasteiger partial charge in [-0.1, -0.05) is 6.07 Å². The average molecular weight is 257 g/mol. The lowest BCUT2D eigenvalue weighted by atomic mass is 10.1. The highest BCUT2D eigenvalue weighted by Crippen LogP contribution is 2.25. The van der Waals surface area contributed by atoms with Gasteiger partial charge in [0.1, 0.15) is 5.69 Å². The highest BCUT2D eigenvalue weighted by Gasteiger charge is 2.13. The van der Waals surface area contributed by atoms with Gasteiger partial charge in [0.15, 0.2) is 0 Å². The summed E-state index contributed by atoms with van der Waals surface area (Å²) in [6, 6.07) is 7.07. The van der Waals surface area contributed by atoms with Crippen LogP contribution in [-0.4, -0.2) is 9.91 Å². The number of anilines is 1. The van der Waals surface area contributed by atoms with Crippen LogP contribution in [0, 0.1) is 24.0 Å². The summed E-state index contributed by atoms with van der Waals surface area (Å²) in [5.74, 6) is 0. The van der Waals surface area contributed by atoms with E-state index in [1.54, 1.807) is 24.5 Å². The van der Waals surface area contributed by atoms with Crippen molar-refractivity contribution in [3.05, 3.63) is 63.5 Å². The number of benzene rings is 1. The zero-order valence-corrected chi connectivity index (χ0v) is 10.9. The van der Waals surface area contributed by atoms with Crippen molar-refractivity contribution in [1.29, 1.82) is 0 Å². The quantitative estimate of drug-likeness (QED) is 0.674. The molecule has 0 spiro atoms. The Morgan fingerprint density at radius 2 is 2.11 bits per heavy atom. The highest BCUT2D eigenvalue weighted by atomic mass is 16.6. The van der Waals surface area contributed by atoms with E-state index in [-0.39, 0.29) is 10.6 Å². The van der Waals surface area contributed by atoms with Crippen molar-refractivity contribution in [1.82, 2.24) is 4.98 Å². The van der Waals surface area contributed by atoms with Crippen LogP contribution >= 0.6 is 0 Å². The molecule has 1 heterocycles. The Labute approximate surface area is 111 Å². The summed E-state index contributed by atoms with van der Waals surface area (Å²) in [4.78, 5) is 14.7. The third kappa shape index (κ3) is 3.07. The van der Waals surface area contributed by atoms with Crippen molar-refractivity contribution >= 4 is 11.4 Å². The van der Waals surface area contributed by atoms with Gasteiger partial charge in [-0.2, -0.15) is 0 Å². The molecule has 1 N–H and O–H groups in total. The van der Waals surface area contributed by atoms with Gasteiger partial charge < -0.3 is 5.32 Å². The molecule has 0 amide bonds. The second-order valence-electron chi connectivity index (χ2n) is 4.43. The molecule has 0 fully saturated rings. The molecule has 0 bridgehead atoms. The minimum absolute atomic E-state index is 0.103. The minimum Gasteiger partial charge on any atom is -0.375 e. The number of hydrogen-bond donors (Lipinski definition) is 1. The third-order valence-corrected chi connectivity index (χ3v) is 2.96. The second kappa shape index (κ2) is 5.48. The Balaban J connectivity index is 2.20. The molecule has 1 aromatic heterocycles. The number of pyridine rings is 1. The Kier molecular flexibility index (Phi) is 3.75. The van der Waals surface area contributed by atoms with Crippen LogP contribution in [0.15, 0.2) is 36.7 Å². The van der Waals surface area contributed by atoms with Crippen molar-refractivity contribution in [3.63, 3.8) is 0 Å². The average Bonchev–Trinajstić information content (AvgIpc) is 2.38. The Bertz CT molecular complexity index is 611. The lowest BCUT2D eigenvalue weighted by Crippen LogP contribution is -2.04. The summed E-state index contributed by atoms with van der Waals surface area (Å²) >= 11 is 0. The van der Waals surface area contributed by atoms with Crippen LogP contribution in [0.2, 0.25) is 0 Å². The van der Waals surface area contributed by atoms with E-state index < -0.39 is 0 Å². The van der Waals surface area contributed by atoms with Gasteiger partial charge in [0.25, 0.3) is 5.69 Å². The van der Waals surface area contributed by atoms with Crippen LogP contribution in [-0.2, 0) is 6.54 Å². The van der Waals surface area contributed by atoms with Gasteiger partial charge in [-0.3, -0.25) is 15.1 Å². The summed E-state index contributed by atoms with van der Waals surface area (Å²) in [7, 11) is 0. The first-order valence-corrected chi connectivity index (χ1v) is 5.96. The van der Waals surface area contributed by atoms with Gasteiger partial charge >= 0.3 is 0 Å². The number of nitrogens with one attached hydrogen (secondary N) is 1. The number of nitro benzene ring substituents is 1. The number of nitro groups is 1. The standard InChI is InChI=1S/C14H15N3O2/c1-10-3-4-13(14(7-10)17(18)19)16-9-12-5-6-15-8-11(12)2/h3-8,16H,9H2,1-2H3. The summed E-state index contributed by atoms with van der Waals surface area (Å²) in [6.07, 6.45) is 3.49. The normalized spacial score (nSPS) is 10.2. The van der Waals surface area contributed by atoms with Crippen LogP contribution < -0.4 is 5.32 Å². The van der Waals surface area contributed by atoms with Gasteiger partial charge in [0, 0.05) is 25.0 Å². The molecular weight excluding hydrogens is 242 g/mol. The maximum absolute atomic E-state index is 11.0. The Morgan fingerprint density at radius 3 is 2.79 bits per heavy atom. The molecule has 2 rings (SSSR count). The van der Waals surface area contributed by atoms with E-state index >= 15 is 0 Å². The fraction of sp³-hybridized carbons (Fsp3) is 0.214. The Hall–Kier alpha value is -2.43. The van der Waals surface area contributed by atoms with Crippen molar-refractivity contribution in [2.24, 2.45) is 0 Å². The fourth-order valence-corrected chi connectivity index (χ4v) is 1.83. The first-order chi connectivity index (χ1) is 9.08. The van der Waals surface area contributed by atoms with Gasteiger partial charge in [-0.15, -0.1) is 0 Å². The van der Waals surface area contributed by atoms with Crippen LogP contribution in [0.25, 0.3) is 0 Å². The smallest absolute Gasteiger partial charge is 0.292 e. The topological polar surface area (TPSA) is 68.1 Å². The fourth-order valence-electron chi connectivity index (χ4n) is 1.83. The third-order valence-electron chi connectivity index (χ3n) is 2.96. The summed E-state index contributed by atoms with van der Waals surface area (Å²) < 4.78 is 0. The molecule has 0 atom stereocenters. The molecule has 0 aliphatic rings. The molecule has 0 saturated heterocycles. The predicted molar refractivity (Wildman–Crippen MR) is 74.1 cm³/mol. The van der Waals surface area contributed by atoms with Crippen LogP contribution in [0.3, 0.4) is 0 Å². The van der Waals surface area contributed by atoms with E-state index in [0.717, 1.165) is 16.7 Å². The van der Waals surface area contributed by atoms with Crippen molar-refractivity contribution in [2.75, 3.05) is 5.32 Å². The van der Waals surface area contributed by atoms with E-state index in [0.29, 0.717) is 12.2 Å². The van der Waals surface area contributed by atoms with Crippen LogP contribution in [0.1, 0.15) is 16.7 Å². The number of rotatable bonds is 4. The molecule has 0 aliphatic heterocycles. The molecular formula is C14H15N3O2.